The van der Waals surface area contributed by atoms with E-state index in [2.05, 4.69) is 6.58 Å². The molecule has 1 fully saturated rings. The summed E-state index contributed by atoms with van der Waals surface area (Å²) >= 11 is 0. The lowest BCUT2D eigenvalue weighted by molar-refractivity contribution is -0.158. The summed E-state index contributed by atoms with van der Waals surface area (Å²) in [7, 11) is 1.47. The van der Waals surface area contributed by atoms with Crippen molar-refractivity contribution in [3.05, 3.63) is 12.7 Å². The van der Waals surface area contributed by atoms with Crippen LogP contribution in [0.5, 0.6) is 0 Å². The van der Waals surface area contributed by atoms with Gasteiger partial charge in [-0.2, -0.15) is 0 Å². The largest absolute Gasteiger partial charge is 0.480 e. The SMILES string of the molecule is C=CC(=O)N1CC[C@H]1C(=O)N(C)[C@H](C(=O)O)C(C)C. The maximum absolute atomic E-state index is 12.2. The van der Waals surface area contributed by atoms with Crippen LogP contribution in [0.1, 0.15) is 20.3 Å². The van der Waals surface area contributed by atoms with Gasteiger partial charge in [0.25, 0.3) is 0 Å². The molecule has 0 aliphatic carbocycles. The van der Waals surface area contributed by atoms with E-state index < -0.39 is 18.1 Å². The number of amides is 2. The number of carboxylic acid groups (broad SMARTS) is 1. The molecule has 0 radical (unpaired) electrons. The van der Waals surface area contributed by atoms with Crippen LogP contribution < -0.4 is 0 Å². The van der Waals surface area contributed by atoms with Crippen LogP contribution in [0.4, 0.5) is 0 Å². The third kappa shape index (κ3) is 2.94. The summed E-state index contributed by atoms with van der Waals surface area (Å²) in [4.78, 5) is 37.6. The van der Waals surface area contributed by atoms with Gasteiger partial charge < -0.3 is 14.9 Å². The van der Waals surface area contributed by atoms with E-state index in [1.807, 2.05) is 0 Å². The minimum Gasteiger partial charge on any atom is -0.480 e. The quantitative estimate of drug-likeness (QED) is 0.729. The fourth-order valence-corrected chi connectivity index (χ4v) is 2.30. The second-order valence-corrected chi connectivity index (χ2v) is 5.02. The van der Waals surface area contributed by atoms with Crippen molar-refractivity contribution in [3.8, 4) is 0 Å². The molecule has 1 heterocycles. The van der Waals surface area contributed by atoms with E-state index in [0.717, 1.165) is 6.08 Å². The number of carboxylic acids is 1. The zero-order chi connectivity index (χ0) is 14.7. The number of carbonyl (C=O) groups excluding carboxylic acids is 2. The highest BCUT2D eigenvalue weighted by Gasteiger charge is 2.41. The first-order valence-corrected chi connectivity index (χ1v) is 6.23. The molecular formula is C13H20N2O4. The van der Waals surface area contributed by atoms with Gasteiger partial charge in [0.15, 0.2) is 0 Å². The van der Waals surface area contributed by atoms with Crippen LogP contribution in [-0.4, -0.2) is 58.4 Å². The van der Waals surface area contributed by atoms with Crippen molar-refractivity contribution < 1.29 is 19.5 Å². The first-order valence-electron chi connectivity index (χ1n) is 6.23. The number of aliphatic carboxylic acids is 1. The number of hydrogen-bond donors (Lipinski definition) is 1. The molecule has 0 unspecified atom stereocenters. The fraction of sp³-hybridized carbons (Fsp3) is 0.615. The van der Waals surface area contributed by atoms with E-state index in [1.54, 1.807) is 13.8 Å². The van der Waals surface area contributed by atoms with Crippen LogP contribution in [0, 0.1) is 5.92 Å². The van der Waals surface area contributed by atoms with Gasteiger partial charge in [0, 0.05) is 13.6 Å². The molecule has 1 saturated heterocycles. The Morgan fingerprint density at radius 3 is 2.32 bits per heavy atom. The standard InChI is InChI=1S/C13H20N2O4/c1-5-10(16)15-7-6-9(15)12(17)14(4)11(8(2)3)13(18)19/h5,8-9,11H,1,6-7H2,2-4H3,(H,18,19)/t9-,11-/m0/s1. The molecule has 6 heteroatoms. The van der Waals surface area contributed by atoms with Gasteiger partial charge in [-0.1, -0.05) is 20.4 Å². The Balaban J connectivity index is 2.79. The molecule has 1 aliphatic rings. The maximum Gasteiger partial charge on any atom is 0.326 e. The summed E-state index contributed by atoms with van der Waals surface area (Å²) in [5.41, 5.74) is 0. The molecular weight excluding hydrogens is 248 g/mol. The average Bonchev–Trinajstić information content (AvgIpc) is 2.25. The van der Waals surface area contributed by atoms with Crippen LogP contribution in [0.3, 0.4) is 0 Å². The van der Waals surface area contributed by atoms with E-state index in [0.29, 0.717) is 13.0 Å². The smallest absolute Gasteiger partial charge is 0.326 e. The van der Waals surface area contributed by atoms with Gasteiger partial charge >= 0.3 is 5.97 Å². The van der Waals surface area contributed by atoms with Crippen molar-refractivity contribution in [2.45, 2.75) is 32.4 Å². The van der Waals surface area contributed by atoms with E-state index in [-0.39, 0.29) is 17.7 Å². The van der Waals surface area contributed by atoms with Gasteiger partial charge in [-0.3, -0.25) is 9.59 Å². The number of nitrogens with zero attached hydrogens (tertiary/aromatic N) is 2. The van der Waals surface area contributed by atoms with Gasteiger partial charge in [0.2, 0.25) is 11.8 Å². The van der Waals surface area contributed by atoms with Crippen molar-refractivity contribution >= 4 is 17.8 Å². The minimum absolute atomic E-state index is 0.199. The van der Waals surface area contributed by atoms with Crippen LogP contribution in [0.2, 0.25) is 0 Å². The summed E-state index contributed by atoms with van der Waals surface area (Å²) in [5, 5.41) is 9.17. The summed E-state index contributed by atoms with van der Waals surface area (Å²) in [6, 6.07) is -1.44. The van der Waals surface area contributed by atoms with Crippen LogP contribution in [-0.2, 0) is 14.4 Å². The maximum atomic E-state index is 12.2. The van der Waals surface area contributed by atoms with Gasteiger partial charge in [-0.05, 0) is 18.4 Å². The zero-order valence-corrected chi connectivity index (χ0v) is 11.5. The highest BCUT2D eigenvalue weighted by atomic mass is 16.4. The Morgan fingerprint density at radius 2 is 2.00 bits per heavy atom. The Morgan fingerprint density at radius 1 is 1.42 bits per heavy atom. The number of rotatable bonds is 5. The molecule has 106 valence electrons. The van der Waals surface area contributed by atoms with E-state index in [9.17, 15) is 14.4 Å². The predicted molar refractivity (Wildman–Crippen MR) is 69.3 cm³/mol. The number of hydrogen-bond acceptors (Lipinski definition) is 3. The predicted octanol–water partition coefficient (Wildman–Crippen LogP) is 0.341. The number of likely N-dealkylation sites (N-methyl/N-ethyl adjacent to an activating group) is 1. The van der Waals surface area contributed by atoms with Gasteiger partial charge in [-0.25, -0.2) is 4.79 Å². The summed E-state index contributed by atoms with van der Waals surface area (Å²) < 4.78 is 0. The molecule has 0 aromatic rings. The van der Waals surface area contributed by atoms with Crippen molar-refractivity contribution in [1.29, 1.82) is 0 Å². The fourth-order valence-electron chi connectivity index (χ4n) is 2.30. The van der Waals surface area contributed by atoms with E-state index in [1.165, 1.54) is 16.8 Å². The van der Waals surface area contributed by atoms with Gasteiger partial charge in [0.05, 0.1) is 0 Å². The molecule has 0 aromatic carbocycles. The Labute approximate surface area is 112 Å². The highest BCUT2D eigenvalue weighted by Crippen LogP contribution is 2.22. The van der Waals surface area contributed by atoms with Crippen LogP contribution >= 0.6 is 0 Å². The van der Waals surface area contributed by atoms with Crippen molar-refractivity contribution in [3.63, 3.8) is 0 Å². The Hall–Kier alpha value is -1.85. The number of carbonyl (C=O) groups is 3. The van der Waals surface area contributed by atoms with Crippen LogP contribution in [0.15, 0.2) is 12.7 Å². The summed E-state index contributed by atoms with van der Waals surface area (Å²) in [5.74, 6) is -1.86. The third-order valence-corrected chi connectivity index (χ3v) is 3.41. The molecule has 19 heavy (non-hydrogen) atoms. The summed E-state index contributed by atoms with van der Waals surface area (Å²) in [6.45, 7) is 7.38. The topological polar surface area (TPSA) is 77.9 Å². The lowest BCUT2D eigenvalue weighted by Gasteiger charge is -2.42. The molecule has 0 bridgehead atoms. The van der Waals surface area contributed by atoms with E-state index in [4.69, 9.17) is 5.11 Å². The highest BCUT2D eigenvalue weighted by molar-refractivity contribution is 5.95. The van der Waals surface area contributed by atoms with Crippen molar-refractivity contribution in [1.82, 2.24) is 9.80 Å². The lowest BCUT2D eigenvalue weighted by Crippen LogP contribution is -2.60. The third-order valence-electron chi connectivity index (χ3n) is 3.41. The Bertz CT molecular complexity index is 405. The van der Waals surface area contributed by atoms with Crippen LogP contribution in [0.25, 0.3) is 0 Å². The molecule has 1 aliphatic heterocycles. The van der Waals surface area contributed by atoms with Gasteiger partial charge in [-0.15, -0.1) is 0 Å². The van der Waals surface area contributed by atoms with Crippen molar-refractivity contribution in [2.75, 3.05) is 13.6 Å². The first kappa shape index (κ1) is 15.2. The molecule has 2 atom stereocenters. The second kappa shape index (κ2) is 5.86. The average molecular weight is 268 g/mol. The molecule has 0 saturated carbocycles. The number of likely N-dealkylation sites (tertiary alicyclic amines) is 1. The van der Waals surface area contributed by atoms with Gasteiger partial charge in [0.1, 0.15) is 12.1 Å². The molecule has 0 aromatic heterocycles. The molecule has 1 N–H and O–H groups in total. The normalized spacial score (nSPS) is 19.6. The molecule has 0 spiro atoms. The zero-order valence-electron chi connectivity index (χ0n) is 11.5. The van der Waals surface area contributed by atoms with Crippen molar-refractivity contribution in [2.24, 2.45) is 5.92 Å². The summed E-state index contributed by atoms with van der Waals surface area (Å²) in [6.07, 6.45) is 1.73. The Kier molecular flexibility index (Phi) is 4.69. The first-order chi connectivity index (χ1) is 8.81. The monoisotopic (exact) mass is 268 g/mol. The molecule has 6 nitrogen and oxygen atoms in total. The van der Waals surface area contributed by atoms with E-state index >= 15 is 0 Å². The minimum atomic E-state index is -1.04. The molecule has 2 amide bonds. The molecule has 1 rings (SSSR count). The lowest BCUT2D eigenvalue weighted by atomic mass is 9.98. The second-order valence-electron chi connectivity index (χ2n) is 5.02.